The number of likely N-dealkylation sites (N-methyl/N-ethyl adjacent to an activating group) is 1. The lowest BCUT2D eigenvalue weighted by Gasteiger charge is -2.37. The fraction of sp³-hybridized carbons (Fsp3) is 0.467. The summed E-state index contributed by atoms with van der Waals surface area (Å²) in [5, 5.41) is 3.44. The van der Waals surface area contributed by atoms with Gasteiger partial charge in [-0.3, -0.25) is 9.59 Å². The number of fused-ring (bicyclic) bond motifs is 5. The van der Waals surface area contributed by atoms with Crippen molar-refractivity contribution < 1.29 is 9.59 Å². The molecule has 2 amide bonds. The van der Waals surface area contributed by atoms with Gasteiger partial charge < -0.3 is 15.1 Å². The molecule has 0 aromatic heterocycles. The molecule has 5 nitrogen and oxygen atoms in total. The topological polar surface area (TPSA) is 52.7 Å². The highest BCUT2D eigenvalue weighted by atomic mass is 16.2. The van der Waals surface area contributed by atoms with E-state index in [0.29, 0.717) is 6.42 Å². The van der Waals surface area contributed by atoms with E-state index < -0.39 is 0 Å². The molecule has 0 aliphatic carbocycles. The van der Waals surface area contributed by atoms with Gasteiger partial charge in [-0.15, -0.1) is 0 Å². The molecular weight excluding hydrogens is 254 g/mol. The van der Waals surface area contributed by atoms with E-state index in [9.17, 15) is 9.59 Å². The van der Waals surface area contributed by atoms with Crippen LogP contribution in [0, 0.1) is 0 Å². The van der Waals surface area contributed by atoms with Gasteiger partial charge in [-0.1, -0.05) is 25.1 Å². The first-order chi connectivity index (χ1) is 9.52. The van der Waals surface area contributed by atoms with E-state index in [4.69, 9.17) is 0 Å². The number of nitrogens with zero attached hydrogens (tertiary/aromatic N) is 2. The van der Waals surface area contributed by atoms with Gasteiger partial charge in [0.05, 0.1) is 6.54 Å². The normalized spacial score (nSPS) is 34.7. The van der Waals surface area contributed by atoms with Gasteiger partial charge in [-0.05, 0) is 18.1 Å². The summed E-state index contributed by atoms with van der Waals surface area (Å²) in [6, 6.07) is 7.82. The Balaban J connectivity index is 1.82. The fourth-order valence-corrected chi connectivity index (χ4v) is 3.98. The Bertz CT molecular complexity index is 629. The number of carbonyl (C=O) groups excluding carboxylic acids is 2. The van der Waals surface area contributed by atoms with Crippen LogP contribution in [0.3, 0.4) is 0 Å². The van der Waals surface area contributed by atoms with Gasteiger partial charge in [0.1, 0.15) is 12.2 Å². The second kappa shape index (κ2) is 3.53. The standard InChI is InChI=1S/C15H17N3O2/c1-15-7-11-13(20)17(2)8-12(19)18(11)14(15)16-10-6-4-3-5-9(10)15/h3-6,11,14,16H,7-8H2,1-2H3/t11-,14+,15+/m0/s1. The third kappa shape index (κ3) is 1.23. The van der Waals surface area contributed by atoms with Crippen molar-refractivity contribution in [2.24, 2.45) is 0 Å². The van der Waals surface area contributed by atoms with Crippen molar-refractivity contribution in [2.75, 3.05) is 18.9 Å². The van der Waals surface area contributed by atoms with E-state index in [2.05, 4.69) is 18.3 Å². The van der Waals surface area contributed by atoms with Gasteiger partial charge in [0.2, 0.25) is 11.8 Å². The number of hydrogen-bond acceptors (Lipinski definition) is 3. The van der Waals surface area contributed by atoms with Crippen molar-refractivity contribution in [1.82, 2.24) is 9.80 Å². The number of anilines is 1. The van der Waals surface area contributed by atoms with Gasteiger partial charge in [0, 0.05) is 18.2 Å². The molecule has 1 aromatic rings. The van der Waals surface area contributed by atoms with Crippen LogP contribution in [0.2, 0.25) is 0 Å². The van der Waals surface area contributed by atoms with Crippen LogP contribution in [-0.4, -0.2) is 47.4 Å². The van der Waals surface area contributed by atoms with Gasteiger partial charge in [-0.2, -0.15) is 0 Å². The third-order valence-corrected chi connectivity index (χ3v) is 4.99. The Hall–Kier alpha value is -2.04. The Morgan fingerprint density at radius 2 is 2.05 bits per heavy atom. The maximum absolute atomic E-state index is 12.4. The summed E-state index contributed by atoms with van der Waals surface area (Å²) in [6.45, 7) is 2.33. The molecule has 1 N–H and O–H groups in total. The molecule has 1 aromatic carbocycles. The highest BCUT2D eigenvalue weighted by Crippen LogP contribution is 2.51. The average molecular weight is 271 g/mol. The Morgan fingerprint density at radius 1 is 1.30 bits per heavy atom. The number of benzene rings is 1. The number of amides is 2. The molecule has 104 valence electrons. The molecule has 0 unspecified atom stereocenters. The summed E-state index contributed by atoms with van der Waals surface area (Å²) < 4.78 is 0. The first-order valence-electron chi connectivity index (χ1n) is 6.94. The predicted molar refractivity (Wildman–Crippen MR) is 74.1 cm³/mol. The van der Waals surface area contributed by atoms with E-state index in [1.165, 1.54) is 5.56 Å². The molecule has 3 aliphatic rings. The van der Waals surface area contributed by atoms with Crippen LogP contribution in [0.5, 0.6) is 0 Å². The zero-order chi connectivity index (χ0) is 14.1. The van der Waals surface area contributed by atoms with Gasteiger partial charge in [0.25, 0.3) is 0 Å². The second-order valence-electron chi connectivity index (χ2n) is 6.23. The largest absolute Gasteiger partial charge is 0.364 e. The average Bonchev–Trinajstić information content (AvgIpc) is 2.86. The molecule has 3 aliphatic heterocycles. The number of para-hydroxylation sites is 1. The molecule has 2 fully saturated rings. The van der Waals surface area contributed by atoms with Crippen LogP contribution >= 0.6 is 0 Å². The van der Waals surface area contributed by atoms with Crippen LogP contribution in [-0.2, 0) is 15.0 Å². The fourth-order valence-electron chi connectivity index (χ4n) is 3.98. The molecule has 5 heteroatoms. The number of carbonyl (C=O) groups is 2. The SMILES string of the molecule is CN1CC(=O)N2[C@H]3Nc4ccccc4[C@@]3(C)C[C@H]2C1=O. The zero-order valence-corrected chi connectivity index (χ0v) is 11.6. The number of nitrogens with one attached hydrogen (secondary N) is 1. The monoisotopic (exact) mass is 271 g/mol. The van der Waals surface area contributed by atoms with Crippen LogP contribution in [0.1, 0.15) is 18.9 Å². The highest BCUT2D eigenvalue weighted by molar-refractivity contribution is 5.96. The summed E-state index contributed by atoms with van der Waals surface area (Å²) >= 11 is 0. The van der Waals surface area contributed by atoms with Crippen LogP contribution in [0.25, 0.3) is 0 Å². The minimum Gasteiger partial charge on any atom is -0.364 e. The number of piperazine rings is 1. The van der Waals surface area contributed by atoms with Crippen LogP contribution in [0.4, 0.5) is 5.69 Å². The van der Waals surface area contributed by atoms with Gasteiger partial charge >= 0.3 is 0 Å². The lowest BCUT2D eigenvalue weighted by molar-refractivity contribution is -0.153. The Kier molecular flexibility index (Phi) is 2.08. The molecule has 0 saturated carbocycles. The van der Waals surface area contributed by atoms with E-state index in [1.54, 1.807) is 16.8 Å². The van der Waals surface area contributed by atoms with E-state index >= 15 is 0 Å². The molecule has 3 atom stereocenters. The highest BCUT2D eigenvalue weighted by Gasteiger charge is 2.59. The van der Waals surface area contributed by atoms with Crippen molar-refractivity contribution >= 4 is 17.5 Å². The van der Waals surface area contributed by atoms with E-state index in [-0.39, 0.29) is 36.0 Å². The minimum absolute atomic E-state index is 0.0335. The molecule has 0 radical (unpaired) electrons. The third-order valence-electron chi connectivity index (χ3n) is 4.99. The lowest BCUT2D eigenvalue weighted by Crippen LogP contribution is -2.59. The Morgan fingerprint density at radius 3 is 2.85 bits per heavy atom. The quantitative estimate of drug-likeness (QED) is 0.758. The summed E-state index contributed by atoms with van der Waals surface area (Å²) in [4.78, 5) is 28.0. The Labute approximate surface area is 117 Å². The predicted octanol–water partition coefficient (Wildman–Crippen LogP) is 0.769. The molecule has 0 bridgehead atoms. The number of rotatable bonds is 0. The smallest absolute Gasteiger partial charge is 0.245 e. The van der Waals surface area contributed by atoms with Crippen molar-refractivity contribution in [3.05, 3.63) is 29.8 Å². The molecule has 2 saturated heterocycles. The molecule has 4 rings (SSSR count). The summed E-state index contributed by atoms with van der Waals surface area (Å²) in [5.74, 6) is 0.0886. The molecular formula is C15H17N3O2. The minimum atomic E-state index is -0.322. The van der Waals surface area contributed by atoms with Crippen molar-refractivity contribution in [2.45, 2.75) is 31.0 Å². The van der Waals surface area contributed by atoms with Gasteiger partial charge in [-0.25, -0.2) is 0 Å². The first-order valence-corrected chi connectivity index (χ1v) is 6.94. The maximum Gasteiger partial charge on any atom is 0.245 e. The van der Waals surface area contributed by atoms with Crippen LogP contribution in [0.15, 0.2) is 24.3 Å². The molecule has 3 heterocycles. The maximum atomic E-state index is 12.4. The summed E-state index contributed by atoms with van der Waals surface area (Å²) in [6.07, 6.45) is 0.589. The second-order valence-corrected chi connectivity index (χ2v) is 6.23. The van der Waals surface area contributed by atoms with Crippen molar-refractivity contribution in [1.29, 1.82) is 0 Å². The summed E-state index contributed by atoms with van der Waals surface area (Å²) in [5.41, 5.74) is 2.11. The first kappa shape index (κ1) is 11.8. The zero-order valence-electron chi connectivity index (χ0n) is 11.6. The van der Waals surface area contributed by atoms with Crippen molar-refractivity contribution in [3.8, 4) is 0 Å². The van der Waals surface area contributed by atoms with Gasteiger partial charge in [0.15, 0.2) is 0 Å². The van der Waals surface area contributed by atoms with Crippen LogP contribution < -0.4 is 5.32 Å². The van der Waals surface area contributed by atoms with E-state index in [0.717, 1.165) is 5.69 Å². The van der Waals surface area contributed by atoms with Crippen molar-refractivity contribution in [3.63, 3.8) is 0 Å². The number of hydrogen-bond donors (Lipinski definition) is 1. The van der Waals surface area contributed by atoms with E-state index in [1.807, 2.05) is 18.2 Å². The molecule has 0 spiro atoms. The summed E-state index contributed by atoms with van der Waals surface area (Å²) in [7, 11) is 1.70. The molecule has 20 heavy (non-hydrogen) atoms. The lowest BCUT2D eigenvalue weighted by atomic mass is 9.80.